The number of aliphatic hydroxyl groups is 1. The van der Waals surface area contributed by atoms with Gasteiger partial charge in [-0.25, -0.2) is 4.39 Å². The minimum Gasteiger partial charge on any atom is -0.490 e. The molecule has 3 nitrogen and oxygen atoms in total. The first-order chi connectivity index (χ1) is 11.2. The van der Waals surface area contributed by atoms with Gasteiger partial charge < -0.3 is 14.7 Å². The quantitative estimate of drug-likeness (QED) is 0.918. The number of ether oxygens (including phenoxy) is 1. The lowest BCUT2D eigenvalue weighted by Crippen LogP contribution is -2.40. The molecular weight excluding hydrogens is 293 g/mol. The Balaban J connectivity index is 1.48. The molecule has 1 N–H and O–H groups in total. The van der Waals surface area contributed by atoms with Crippen LogP contribution in [0.2, 0.25) is 0 Å². The molecule has 4 heteroatoms. The zero-order valence-electron chi connectivity index (χ0n) is 13.1. The van der Waals surface area contributed by atoms with Crippen LogP contribution in [0.15, 0.2) is 54.6 Å². The number of hydrogen-bond donors (Lipinski definition) is 1. The van der Waals surface area contributed by atoms with Crippen molar-refractivity contribution in [2.24, 2.45) is 0 Å². The van der Waals surface area contributed by atoms with Gasteiger partial charge in [0.15, 0.2) is 0 Å². The Labute approximate surface area is 136 Å². The summed E-state index contributed by atoms with van der Waals surface area (Å²) in [5, 5.41) is 10.2. The van der Waals surface area contributed by atoms with Crippen molar-refractivity contribution < 1.29 is 14.2 Å². The average Bonchev–Trinajstić information content (AvgIpc) is 2.58. The second-order valence-electron chi connectivity index (χ2n) is 5.97. The number of benzene rings is 2. The molecule has 2 aromatic rings. The summed E-state index contributed by atoms with van der Waals surface area (Å²) >= 11 is 0. The number of aliphatic hydroxyl groups excluding tert-OH is 1. The largest absolute Gasteiger partial charge is 0.490 e. The highest BCUT2D eigenvalue weighted by Crippen LogP contribution is 2.22. The maximum atomic E-state index is 13.7. The zero-order valence-corrected chi connectivity index (χ0v) is 13.1. The maximum Gasteiger partial charge on any atom is 0.129 e. The number of halogens is 1. The normalized spacial score (nSPS) is 17.8. The number of likely N-dealkylation sites (tertiary alicyclic amines) is 1. The van der Waals surface area contributed by atoms with Crippen LogP contribution in [0.5, 0.6) is 5.75 Å². The molecule has 3 rings (SSSR count). The van der Waals surface area contributed by atoms with Gasteiger partial charge in [-0.3, -0.25) is 0 Å². The monoisotopic (exact) mass is 315 g/mol. The van der Waals surface area contributed by atoms with Gasteiger partial charge in [0, 0.05) is 25.2 Å². The minimum atomic E-state index is -0.789. The third-order valence-corrected chi connectivity index (χ3v) is 4.28. The molecule has 0 radical (unpaired) electrons. The summed E-state index contributed by atoms with van der Waals surface area (Å²) in [5.41, 5.74) is 0.371. The van der Waals surface area contributed by atoms with E-state index < -0.39 is 6.10 Å². The lowest BCUT2D eigenvalue weighted by molar-refractivity contribution is 0.0597. The van der Waals surface area contributed by atoms with Crippen LogP contribution in [0.3, 0.4) is 0 Å². The van der Waals surface area contributed by atoms with E-state index in [9.17, 15) is 9.50 Å². The number of rotatable bonds is 5. The Kier molecular flexibility index (Phi) is 5.26. The van der Waals surface area contributed by atoms with Crippen LogP contribution >= 0.6 is 0 Å². The van der Waals surface area contributed by atoms with Crippen molar-refractivity contribution >= 4 is 0 Å². The van der Waals surface area contributed by atoms with Crippen molar-refractivity contribution in [3.05, 3.63) is 66.0 Å². The fraction of sp³-hybridized carbons (Fsp3) is 0.368. The van der Waals surface area contributed by atoms with E-state index >= 15 is 0 Å². The molecule has 0 aromatic heterocycles. The van der Waals surface area contributed by atoms with E-state index in [4.69, 9.17) is 4.74 Å². The van der Waals surface area contributed by atoms with E-state index in [-0.39, 0.29) is 11.9 Å². The van der Waals surface area contributed by atoms with Crippen LogP contribution < -0.4 is 4.74 Å². The van der Waals surface area contributed by atoms with Crippen LogP contribution in [0, 0.1) is 5.82 Å². The van der Waals surface area contributed by atoms with Crippen LogP contribution in [0.25, 0.3) is 0 Å². The van der Waals surface area contributed by atoms with Gasteiger partial charge in [0.1, 0.15) is 17.7 Å². The predicted octanol–water partition coefficient (Wildman–Crippen LogP) is 3.40. The molecule has 1 unspecified atom stereocenters. The molecule has 0 saturated carbocycles. The van der Waals surface area contributed by atoms with Crippen LogP contribution in [-0.2, 0) is 0 Å². The van der Waals surface area contributed by atoms with E-state index in [0.717, 1.165) is 31.7 Å². The van der Waals surface area contributed by atoms with Crippen LogP contribution in [-0.4, -0.2) is 35.7 Å². The second-order valence-corrected chi connectivity index (χ2v) is 5.97. The fourth-order valence-electron chi connectivity index (χ4n) is 2.99. The maximum absolute atomic E-state index is 13.7. The van der Waals surface area contributed by atoms with Gasteiger partial charge in [0.25, 0.3) is 0 Å². The molecule has 2 aromatic carbocycles. The molecule has 0 bridgehead atoms. The van der Waals surface area contributed by atoms with Crippen molar-refractivity contribution in [1.29, 1.82) is 0 Å². The molecule has 0 spiro atoms. The molecule has 1 atom stereocenters. The Morgan fingerprint density at radius 2 is 1.70 bits per heavy atom. The number of hydrogen-bond acceptors (Lipinski definition) is 3. The molecule has 1 heterocycles. The van der Waals surface area contributed by atoms with E-state index in [0.29, 0.717) is 12.1 Å². The Morgan fingerprint density at radius 1 is 1.04 bits per heavy atom. The smallest absolute Gasteiger partial charge is 0.129 e. The standard InChI is InChI=1S/C19H22FNO2/c20-18-9-5-4-8-17(18)19(22)14-21-12-10-16(11-13-21)23-15-6-2-1-3-7-15/h1-9,16,19,22H,10-14H2. The van der Waals surface area contributed by atoms with E-state index in [1.54, 1.807) is 18.2 Å². The molecule has 1 saturated heterocycles. The number of β-amino-alcohol motifs (C(OH)–C–C–N with tert-alkyl or cyclic N) is 1. The number of nitrogens with zero attached hydrogens (tertiary/aromatic N) is 1. The Hall–Kier alpha value is -1.91. The first kappa shape index (κ1) is 16.0. The lowest BCUT2D eigenvalue weighted by Gasteiger charge is -2.33. The predicted molar refractivity (Wildman–Crippen MR) is 87.9 cm³/mol. The molecule has 1 aliphatic heterocycles. The molecule has 122 valence electrons. The summed E-state index contributed by atoms with van der Waals surface area (Å²) in [7, 11) is 0. The summed E-state index contributed by atoms with van der Waals surface area (Å²) in [6.45, 7) is 2.16. The molecule has 1 aliphatic rings. The van der Waals surface area contributed by atoms with Crippen molar-refractivity contribution in [2.45, 2.75) is 25.0 Å². The topological polar surface area (TPSA) is 32.7 Å². The van der Waals surface area contributed by atoms with Crippen molar-refractivity contribution in [1.82, 2.24) is 4.90 Å². The summed E-state index contributed by atoms with van der Waals surface area (Å²) in [6, 6.07) is 16.3. The summed E-state index contributed by atoms with van der Waals surface area (Å²) in [5.74, 6) is 0.555. The highest BCUT2D eigenvalue weighted by atomic mass is 19.1. The van der Waals surface area contributed by atoms with Gasteiger partial charge in [-0.1, -0.05) is 36.4 Å². The van der Waals surface area contributed by atoms with Crippen molar-refractivity contribution in [3.63, 3.8) is 0 Å². The van der Waals surface area contributed by atoms with Crippen molar-refractivity contribution in [2.75, 3.05) is 19.6 Å². The minimum absolute atomic E-state index is 0.208. The van der Waals surface area contributed by atoms with Gasteiger partial charge in [-0.05, 0) is 31.0 Å². The summed E-state index contributed by atoms with van der Waals surface area (Å²) in [6.07, 6.45) is 1.25. The molecular formula is C19H22FNO2. The molecule has 0 amide bonds. The highest BCUT2D eigenvalue weighted by Gasteiger charge is 2.23. The fourth-order valence-corrected chi connectivity index (χ4v) is 2.99. The van der Waals surface area contributed by atoms with E-state index in [1.165, 1.54) is 6.07 Å². The molecule has 0 aliphatic carbocycles. The van der Waals surface area contributed by atoms with Gasteiger partial charge in [-0.2, -0.15) is 0 Å². The summed E-state index contributed by atoms with van der Waals surface area (Å²) < 4.78 is 19.7. The SMILES string of the molecule is OC(CN1CCC(Oc2ccccc2)CC1)c1ccccc1F. The van der Waals surface area contributed by atoms with Crippen LogP contribution in [0.1, 0.15) is 24.5 Å². The van der Waals surface area contributed by atoms with Gasteiger partial charge in [0.05, 0.1) is 6.10 Å². The molecule has 1 fully saturated rings. The van der Waals surface area contributed by atoms with Gasteiger partial charge in [0.2, 0.25) is 0 Å². The Morgan fingerprint density at radius 3 is 2.39 bits per heavy atom. The van der Waals surface area contributed by atoms with Gasteiger partial charge in [-0.15, -0.1) is 0 Å². The number of piperidine rings is 1. The van der Waals surface area contributed by atoms with Crippen LogP contribution in [0.4, 0.5) is 4.39 Å². The first-order valence-electron chi connectivity index (χ1n) is 8.09. The van der Waals surface area contributed by atoms with Crippen molar-refractivity contribution in [3.8, 4) is 5.75 Å². The lowest BCUT2D eigenvalue weighted by atomic mass is 10.0. The third-order valence-electron chi connectivity index (χ3n) is 4.28. The van der Waals surface area contributed by atoms with E-state index in [2.05, 4.69) is 4.90 Å². The summed E-state index contributed by atoms with van der Waals surface area (Å²) in [4.78, 5) is 2.17. The van der Waals surface area contributed by atoms with E-state index in [1.807, 2.05) is 30.3 Å². The third kappa shape index (κ3) is 4.30. The van der Waals surface area contributed by atoms with Gasteiger partial charge >= 0.3 is 0 Å². The Bertz CT molecular complexity index is 612. The zero-order chi connectivity index (χ0) is 16.1. The average molecular weight is 315 g/mol. The first-order valence-corrected chi connectivity index (χ1v) is 8.09. The highest BCUT2D eigenvalue weighted by molar-refractivity contribution is 5.21. The second kappa shape index (κ2) is 7.57. The number of para-hydroxylation sites is 1. The molecule has 23 heavy (non-hydrogen) atoms.